The van der Waals surface area contributed by atoms with E-state index in [0.29, 0.717) is 12.3 Å². The van der Waals surface area contributed by atoms with E-state index in [-0.39, 0.29) is 11.5 Å². The lowest BCUT2D eigenvalue weighted by molar-refractivity contribution is 0.318. The summed E-state index contributed by atoms with van der Waals surface area (Å²) in [6, 6.07) is 8.14. The lowest BCUT2D eigenvalue weighted by Gasteiger charge is -2.30. The minimum absolute atomic E-state index is 0.0631. The summed E-state index contributed by atoms with van der Waals surface area (Å²) >= 11 is 0. The van der Waals surface area contributed by atoms with Crippen LogP contribution < -0.4 is 0 Å². The Morgan fingerprint density at radius 3 is 2.41 bits per heavy atom. The highest BCUT2D eigenvalue weighted by atomic mass is 32.2. The van der Waals surface area contributed by atoms with E-state index >= 15 is 0 Å². The van der Waals surface area contributed by atoms with E-state index in [9.17, 15) is 8.42 Å². The Labute approximate surface area is 160 Å². The van der Waals surface area contributed by atoms with Gasteiger partial charge in [-0.15, -0.1) is 0 Å². The van der Waals surface area contributed by atoms with Crippen LogP contribution in [-0.4, -0.2) is 39.3 Å². The number of hydrogen-bond donors (Lipinski definition) is 0. The molecule has 27 heavy (non-hydrogen) atoms. The Bertz CT molecular complexity index is 896. The molecule has 3 aliphatic rings. The van der Waals surface area contributed by atoms with E-state index in [4.69, 9.17) is 0 Å². The van der Waals surface area contributed by atoms with Crippen molar-refractivity contribution in [1.29, 1.82) is 0 Å². The summed E-state index contributed by atoms with van der Waals surface area (Å²) in [4.78, 5) is 3.96. The highest BCUT2D eigenvalue weighted by Gasteiger charge is 2.49. The predicted octanol–water partition coefficient (Wildman–Crippen LogP) is 3.14. The quantitative estimate of drug-likeness (QED) is 0.733. The SMILES string of the molecule is O=S(=O)(CC12CCC(CC1)C2)N(Cc1ccc(-n2cncn2)cc1)C1CC1. The first kappa shape index (κ1) is 17.4. The summed E-state index contributed by atoms with van der Waals surface area (Å²) < 4.78 is 30.1. The largest absolute Gasteiger partial charge is 0.223 e. The predicted molar refractivity (Wildman–Crippen MR) is 103 cm³/mol. The van der Waals surface area contributed by atoms with Crippen molar-refractivity contribution in [3.63, 3.8) is 0 Å². The van der Waals surface area contributed by atoms with Crippen molar-refractivity contribution in [2.75, 3.05) is 5.75 Å². The minimum atomic E-state index is -3.23. The number of nitrogens with zero attached hydrogens (tertiary/aromatic N) is 4. The van der Waals surface area contributed by atoms with Crippen molar-refractivity contribution in [2.45, 2.75) is 57.5 Å². The van der Waals surface area contributed by atoms with Gasteiger partial charge < -0.3 is 0 Å². The van der Waals surface area contributed by atoms with Crippen molar-refractivity contribution < 1.29 is 8.42 Å². The van der Waals surface area contributed by atoms with Crippen LogP contribution in [0.4, 0.5) is 0 Å². The van der Waals surface area contributed by atoms with Gasteiger partial charge >= 0.3 is 0 Å². The first-order valence-corrected chi connectivity index (χ1v) is 11.6. The zero-order chi connectivity index (χ0) is 18.5. The van der Waals surface area contributed by atoms with Gasteiger partial charge in [0.15, 0.2) is 0 Å². The van der Waals surface area contributed by atoms with E-state index in [1.165, 1.54) is 19.2 Å². The smallest absolute Gasteiger partial charge is 0.215 e. The molecule has 0 unspecified atom stereocenters. The summed E-state index contributed by atoms with van der Waals surface area (Å²) in [5, 5.41) is 4.13. The minimum Gasteiger partial charge on any atom is -0.223 e. The van der Waals surface area contributed by atoms with Crippen molar-refractivity contribution in [3.05, 3.63) is 42.5 Å². The van der Waals surface area contributed by atoms with Gasteiger partial charge in [-0.05, 0) is 74.0 Å². The molecule has 1 aromatic heterocycles. The zero-order valence-corrected chi connectivity index (χ0v) is 16.3. The Kier molecular flexibility index (Phi) is 4.13. The summed E-state index contributed by atoms with van der Waals surface area (Å²) in [6.45, 7) is 0.476. The zero-order valence-electron chi connectivity index (χ0n) is 15.5. The molecule has 0 amide bonds. The lowest BCUT2D eigenvalue weighted by Crippen LogP contribution is -2.39. The molecule has 0 radical (unpaired) electrons. The van der Waals surface area contributed by atoms with E-state index in [2.05, 4.69) is 10.1 Å². The Balaban J connectivity index is 1.33. The van der Waals surface area contributed by atoms with Crippen molar-refractivity contribution in [1.82, 2.24) is 19.1 Å². The van der Waals surface area contributed by atoms with Crippen molar-refractivity contribution >= 4 is 10.0 Å². The van der Waals surface area contributed by atoms with Crippen LogP contribution in [-0.2, 0) is 16.6 Å². The standard InChI is InChI=1S/C20H26N4O2S/c25-27(26,13-20-9-7-16(11-20)8-10-20)24(19-5-6-19)12-17-1-3-18(4-2-17)23-15-21-14-22-23/h1-4,14-16,19H,5-13H2. The van der Waals surface area contributed by atoms with Crippen LogP contribution in [0.15, 0.2) is 36.9 Å². The van der Waals surface area contributed by atoms with E-state index in [1.807, 2.05) is 24.3 Å². The normalized spacial score (nSPS) is 27.5. The third-order valence-corrected chi connectivity index (χ3v) is 8.76. The Morgan fingerprint density at radius 1 is 1.11 bits per heavy atom. The molecule has 3 aliphatic carbocycles. The first-order valence-electron chi connectivity index (χ1n) is 9.97. The molecule has 0 spiro atoms. The third kappa shape index (κ3) is 3.43. The second kappa shape index (κ2) is 6.41. The summed E-state index contributed by atoms with van der Waals surface area (Å²) in [5.74, 6) is 1.13. The van der Waals surface area contributed by atoms with Crippen LogP contribution in [0.25, 0.3) is 5.69 Å². The molecule has 1 aromatic carbocycles. The summed E-state index contributed by atoms with van der Waals surface area (Å²) in [5.41, 5.74) is 2.02. The van der Waals surface area contributed by atoms with Gasteiger partial charge in [0.25, 0.3) is 0 Å². The highest BCUT2D eigenvalue weighted by Crippen LogP contribution is 2.55. The molecule has 6 nitrogen and oxygen atoms in total. The molecule has 144 valence electrons. The third-order valence-electron chi connectivity index (χ3n) is 6.65. The molecule has 2 bridgehead atoms. The van der Waals surface area contributed by atoms with Crippen LogP contribution in [0.1, 0.15) is 50.5 Å². The maximum absolute atomic E-state index is 13.3. The maximum Gasteiger partial charge on any atom is 0.215 e. The maximum atomic E-state index is 13.3. The van der Waals surface area contributed by atoms with E-state index in [1.54, 1.807) is 15.3 Å². The van der Waals surface area contributed by atoms with Gasteiger partial charge in [-0.3, -0.25) is 0 Å². The number of sulfonamides is 1. The van der Waals surface area contributed by atoms with Crippen molar-refractivity contribution in [2.24, 2.45) is 11.3 Å². The van der Waals surface area contributed by atoms with E-state index in [0.717, 1.165) is 49.3 Å². The molecule has 3 fully saturated rings. The Morgan fingerprint density at radius 2 is 1.85 bits per heavy atom. The lowest BCUT2D eigenvalue weighted by atomic mass is 9.87. The van der Waals surface area contributed by atoms with Gasteiger partial charge in [-0.1, -0.05) is 12.1 Å². The van der Waals surface area contributed by atoms with Crippen molar-refractivity contribution in [3.8, 4) is 5.69 Å². The molecule has 0 N–H and O–H groups in total. The molecular weight excluding hydrogens is 360 g/mol. The first-order chi connectivity index (χ1) is 13.0. The summed E-state index contributed by atoms with van der Waals surface area (Å²) in [6.07, 6.45) is 10.9. The summed E-state index contributed by atoms with van der Waals surface area (Å²) in [7, 11) is -3.23. The number of hydrogen-bond acceptors (Lipinski definition) is 4. The molecular formula is C20H26N4O2S. The Hall–Kier alpha value is -1.73. The monoisotopic (exact) mass is 386 g/mol. The fourth-order valence-electron chi connectivity index (χ4n) is 5.08. The van der Waals surface area contributed by atoms with Crippen LogP contribution in [0, 0.1) is 11.3 Å². The van der Waals surface area contributed by atoms with Crippen LogP contribution in [0.5, 0.6) is 0 Å². The van der Waals surface area contributed by atoms with Gasteiger partial charge in [0.2, 0.25) is 10.0 Å². The van der Waals surface area contributed by atoms with Gasteiger partial charge in [0.1, 0.15) is 12.7 Å². The second-order valence-electron chi connectivity index (χ2n) is 8.69. The molecule has 7 heteroatoms. The van der Waals surface area contributed by atoms with Crippen LogP contribution in [0.3, 0.4) is 0 Å². The molecule has 1 heterocycles. The molecule has 3 saturated carbocycles. The van der Waals surface area contributed by atoms with Gasteiger partial charge in [-0.25, -0.2) is 18.1 Å². The second-order valence-corrected chi connectivity index (χ2v) is 10.6. The number of aromatic nitrogens is 3. The average molecular weight is 387 g/mol. The molecule has 2 aromatic rings. The van der Waals surface area contributed by atoms with E-state index < -0.39 is 10.0 Å². The topological polar surface area (TPSA) is 68.1 Å². The fraction of sp³-hybridized carbons (Fsp3) is 0.600. The molecule has 0 atom stereocenters. The average Bonchev–Trinajstić information content (AvgIpc) is 3.06. The number of rotatable bonds is 7. The molecule has 0 saturated heterocycles. The highest BCUT2D eigenvalue weighted by molar-refractivity contribution is 7.89. The van der Waals surface area contributed by atoms with Gasteiger partial charge in [0, 0.05) is 12.6 Å². The van der Waals surface area contributed by atoms with Gasteiger partial charge in [0.05, 0.1) is 11.4 Å². The van der Waals surface area contributed by atoms with Crippen LogP contribution in [0.2, 0.25) is 0 Å². The fourth-order valence-corrected chi connectivity index (χ4v) is 7.43. The number of benzene rings is 1. The number of fused-ring (bicyclic) bond motifs is 2. The van der Waals surface area contributed by atoms with Gasteiger partial charge in [-0.2, -0.15) is 9.40 Å². The molecule has 5 rings (SSSR count). The van der Waals surface area contributed by atoms with Crippen LogP contribution >= 0.6 is 0 Å². The molecule has 0 aliphatic heterocycles.